The molecular weight excluding hydrogens is 334 g/mol. The molecule has 0 aromatic heterocycles. The second kappa shape index (κ2) is 10.8. The lowest BCUT2D eigenvalue weighted by atomic mass is 10.2. The van der Waals surface area contributed by atoms with Gasteiger partial charge in [0.15, 0.2) is 12.0 Å². The molecule has 1 aromatic carbocycles. The Morgan fingerprint density at radius 1 is 1.21 bits per heavy atom. The standard InChI is InChI=1S/C17H22ClNO5/c1-4-5-15(20)24-14(10-12-6-8-13(18)9-7-12)17(21)19-11-16(22-2)23-3/h6-10,16H,4-5,11H2,1-3H3,(H,19,21)/b14-10-. The molecule has 0 bridgehead atoms. The third kappa shape index (κ3) is 7.12. The zero-order valence-corrected chi connectivity index (χ0v) is 14.8. The molecule has 7 heteroatoms. The number of nitrogens with one attached hydrogen (secondary N) is 1. The monoisotopic (exact) mass is 355 g/mol. The molecule has 132 valence electrons. The number of halogens is 1. The minimum atomic E-state index is -0.586. The van der Waals surface area contributed by atoms with Gasteiger partial charge in [-0.05, 0) is 30.2 Å². The molecule has 24 heavy (non-hydrogen) atoms. The van der Waals surface area contributed by atoms with Gasteiger partial charge in [-0.2, -0.15) is 0 Å². The van der Waals surface area contributed by atoms with Crippen LogP contribution in [0.15, 0.2) is 30.0 Å². The second-order valence-electron chi connectivity index (χ2n) is 4.90. The molecular formula is C17H22ClNO5. The Hall–Kier alpha value is -1.89. The fourth-order valence-electron chi connectivity index (χ4n) is 1.76. The molecule has 1 rings (SSSR count). The lowest BCUT2D eigenvalue weighted by Gasteiger charge is -2.15. The van der Waals surface area contributed by atoms with E-state index in [1.807, 2.05) is 6.92 Å². The number of amides is 1. The highest BCUT2D eigenvalue weighted by molar-refractivity contribution is 6.30. The molecule has 6 nitrogen and oxygen atoms in total. The van der Waals surface area contributed by atoms with E-state index in [0.29, 0.717) is 17.0 Å². The van der Waals surface area contributed by atoms with Crippen LogP contribution in [0.2, 0.25) is 5.02 Å². The van der Waals surface area contributed by atoms with Crippen molar-refractivity contribution >= 4 is 29.6 Å². The number of methoxy groups -OCH3 is 2. The molecule has 0 atom stereocenters. The normalized spacial score (nSPS) is 11.5. The van der Waals surface area contributed by atoms with Crippen molar-refractivity contribution in [2.45, 2.75) is 26.1 Å². The van der Waals surface area contributed by atoms with E-state index in [0.717, 1.165) is 0 Å². The first-order chi connectivity index (χ1) is 11.5. The van der Waals surface area contributed by atoms with E-state index in [4.69, 9.17) is 25.8 Å². The topological polar surface area (TPSA) is 73.9 Å². The molecule has 0 unspecified atom stereocenters. The predicted molar refractivity (Wildman–Crippen MR) is 91.2 cm³/mol. The first kappa shape index (κ1) is 20.2. The fourth-order valence-corrected chi connectivity index (χ4v) is 1.88. The number of carbonyl (C=O) groups excluding carboxylic acids is 2. The second-order valence-corrected chi connectivity index (χ2v) is 5.33. The quantitative estimate of drug-likeness (QED) is 0.319. The van der Waals surface area contributed by atoms with Crippen LogP contribution in [0.3, 0.4) is 0 Å². The number of benzene rings is 1. The predicted octanol–water partition coefficient (Wildman–Crippen LogP) is 2.76. The van der Waals surface area contributed by atoms with E-state index in [-0.39, 0.29) is 18.7 Å². The Morgan fingerprint density at radius 3 is 2.38 bits per heavy atom. The molecule has 0 saturated heterocycles. The average Bonchev–Trinajstić information content (AvgIpc) is 2.57. The van der Waals surface area contributed by atoms with E-state index >= 15 is 0 Å². The zero-order valence-electron chi connectivity index (χ0n) is 14.0. The summed E-state index contributed by atoms with van der Waals surface area (Å²) in [5.41, 5.74) is 0.684. The third-order valence-corrected chi connectivity index (χ3v) is 3.28. The van der Waals surface area contributed by atoms with Crippen LogP contribution in [-0.2, 0) is 23.8 Å². The van der Waals surface area contributed by atoms with Gasteiger partial charge in [0.1, 0.15) is 0 Å². The lowest BCUT2D eigenvalue weighted by Crippen LogP contribution is -2.35. The van der Waals surface area contributed by atoms with Crippen LogP contribution in [-0.4, -0.2) is 38.9 Å². The zero-order chi connectivity index (χ0) is 17.9. The molecule has 0 aliphatic rings. The summed E-state index contributed by atoms with van der Waals surface area (Å²) in [7, 11) is 2.93. The van der Waals surface area contributed by atoms with Crippen LogP contribution in [0.5, 0.6) is 0 Å². The van der Waals surface area contributed by atoms with Crippen molar-refractivity contribution in [2.75, 3.05) is 20.8 Å². The molecule has 0 spiro atoms. The molecule has 0 fully saturated rings. The van der Waals surface area contributed by atoms with Crippen LogP contribution in [0.4, 0.5) is 0 Å². The summed E-state index contributed by atoms with van der Waals surface area (Å²) in [4.78, 5) is 24.0. The highest BCUT2D eigenvalue weighted by Crippen LogP contribution is 2.14. The number of hydrogen-bond acceptors (Lipinski definition) is 5. The van der Waals surface area contributed by atoms with E-state index in [1.54, 1.807) is 24.3 Å². The molecule has 1 amide bonds. The highest BCUT2D eigenvalue weighted by Gasteiger charge is 2.17. The number of rotatable bonds is 9. The van der Waals surface area contributed by atoms with Crippen LogP contribution in [0.25, 0.3) is 6.08 Å². The van der Waals surface area contributed by atoms with Gasteiger partial charge < -0.3 is 19.5 Å². The maximum absolute atomic E-state index is 12.3. The third-order valence-electron chi connectivity index (χ3n) is 3.02. The van der Waals surface area contributed by atoms with Crippen LogP contribution in [0.1, 0.15) is 25.3 Å². The SMILES string of the molecule is CCCC(=O)O/C(=C\c1ccc(Cl)cc1)C(=O)NCC(OC)OC. The van der Waals surface area contributed by atoms with E-state index in [2.05, 4.69) is 5.32 Å². The summed E-state index contributed by atoms with van der Waals surface area (Å²) in [6.07, 6.45) is 1.75. The Labute approximate surface area is 146 Å². The summed E-state index contributed by atoms with van der Waals surface area (Å²) in [5.74, 6) is -1.10. The fraction of sp³-hybridized carbons (Fsp3) is 0.412. The van der Waals surface area contributed by atoms with Crippen molar-refractivity contribution in [1.82, 2.24) is 5.32 Å². The Bertz CT molecular complexity index is 567. The largest absolute Gasteiger partial charge is 0.421 e. The van der Waals surface area contributed by atoms with Crippen molar-refractivity contribution in [3.63, 3.8) is 0 Å². The van der Waals surface area contributed by atoms with Crippen molar-refractivity contribution in [3.05, 3.63) is 40.6 Å². The van der Waals surface area contributed by atoms with Gasteiger partial charge in [-0.15, -0.1) is 0 Å². The van der Waals surface area contributed by atoms with Crippen molar-refractivity contribution in [2.24, 2.45) is 0 Å². The highest BCUT2D eigenvalue weighted by atomic mass is 35.5. The van der Waals surface area contributed by atoms with Gasteiger partial charge in [-0.3, -0.25) is 9.59 Å². The summed E-state index contributed by atoms with van der Waals surface area (Å²) >= 11 is 5.84. The van der Waals surface area contributed by atoms with Gasteiger partial charge in [-0.25, -0.2) is 0 Å². The van der Waals surface area contributed by atoms with Crippen LogP contribution in [0, 0.1) is 0 Å². The molecule has 1 N–H and O–H groups in total. The molecule has 1 aromatic rings. The van der Waals surface area contributed by atoms with Gasteiger partial charge >= 0.3 is 5.97 Å². The maximum Gasteiger partial charge on any atom is 0.311 e. The number of carbonyl (C=O) groups is 2. The Morgan fingerprint density at radius 2 is 1.83 bits per heavy atom. The van der Waals surface area contributed by atoms with Gasteiger partial charge in [0, 0.05) is 25.7 Å². The smallest absolute Gasteiger partial charge is 0.311 e. The Balaban J connectivity index is 2.89. The van der Waals surface area contributed by atoms with Gasteiger partial charge in [-0.1, -0.05) is 30.7 Å². The number of hydrogen-bond donors (Lipinski definition) is 1. The summed E-state index contributed by atoms with van der Waals surface area (Å²) in [6, 6.07) is 6.80. The molecule has 0 saturated carbocycles. The summed E-state index contributed by atoms with van der Waals surface area (Å²) < 4.78 is 15.2. The van der Waals surface area contributed by atoms with Crippen LogP contribution >= 0.6 is 11.6 Å². The summed E-state index contributed by atoms with van der Waals surface area (Å²) in [6.45, 7) is 1.97. The van der Waals surface area contributed by atoms with Crippen molar-refractivity contribution in [1.29, 1.82) is 0 Å². The number of esters is 1. The first-order valence-electron chi connectivity index (χ1n) is 7.51. The minimum absolute atomic E-state index is 0.0956. The number of ether oxygens (including phenoxy) is 3. The van der Waals surface area contributed by atoms with Gasteiger partial charge in [0.05, 0.1) is 6.54 Å². The molecule has 0 radical (unpaired) electrons. The van der Waals surface area contributed by atoms with E-state index in [9.17, 15) is 9.59 Å². The molecule has 0 aliphatic heterocycles. The maximum atomic E-state index is 12.3. The van der Waals surface area contributed by atoms with Crippen LogP contribution < -0.4 is 5.32 Å². The van der Waals surface area contributed by atoms with Crippen molar-refractivity contribution in [3.8, 4) is 0 Å². The molecule has 0 aliphatic carbocycles. The average molecular weight is 356 g/mol. The van der Waals surface area contributed by atoms with E-state index in [1.165, 1.54) is 20.3 Å². The molecule has 0 heterocycles. The van der Waals surface area contributed by atoms with Gasteiger partial charge in [0.25, 0.3) is 5.91 Å². The van der Waals surface area contributed by atoms with E-state index < -0.39 is 18.2 Å². The van der Waals surface area contributed by atoms with Crippen molar-refractivity contribution < 1.29 is 23.8 Å². The summed E-state index contributed by atoms with van der Waals surface area (Å²) in [5, 5.41) is 3.18. The minimum Gasteiger partial charge on any atom is -0.421 e. The lowest BCUT2D eigenvalue weighted by molar-refractivity contribution is -0.143. The first-order valence-corrected chi connectivity index (χ1v) is 7.89. The Kier molecular flexibility index (Phi) is 9.07. The van der Waals surface area contributed by atoms with Gasteiger partial charge in [0.2, 0.25) is 0 Å².